The molecule has 3 aromatic carbocycles. The van der Waals surface area contributed by atoms with Gasteiger partial charge in [-0.15, -0.1) is 4.72 Å². The number of benzene rings is 3. The van der Waals surface area contributed by atoms with Gasteiger partial charge in [0.25, 0.3) is 0 Å². The van der Waals surface area contributed by atoms with Crippen molar-refractivity contribution in [1.82, 2.24) is 9.62 Å². The Morgan fingerprint density at radius 3 is 2.45 bits per heavy atom. The van der Waals surface area contributed by atoms with Crippen molar-refractivity contribution in [2.24, 2.45) is 5.92 Å². The van der Waals surface area contributed by atoms with Crippen molar-refractivity contribution in [2.75, 3.05) is 17.2 Å². The number of hydrogen-bond donors (Lipinski definition) is 4. The lowest BCUT2D eigenvalue weighted by Gasteiger charge is -2.39. The number of carbonyl (C=O) groups excluding carboxylic acids is 2. The zero-order valence-electron chi connectivity index (χ0n) is 26.6. The fourth-order valence-corrected chi connectivity index (χ4v) is 6.82. The number of aliphatic hydroxyl groups is 1. The summed E-state index contributed by atoms with van der Waals surface area (Å²) in [4.78, 5) is 28.0. The standard InChI is InChI=1S/C35H39ClFN5O4S/c1-34(2,3)47(46)41-35(16-15-22-7-8-22,24-6-4-5-23(17-24)20-38)25-9-14-29(37)30(18-25)40-32(44)31-19-28(43)21-42(31)33(45)39-27-12-10-26(36)11-13-27/h4-6,9-14,17-18,22,28,31,41,43H,7-8,15-16,19,21H2,1-3H3,(H,39,45)(H,40,44)/t28-,31+,35+,47+/m0/s1. The summed E-state index contributed by atoms with van der Waals surface area (Å²) in [5.74, 6) is -0.849. The van der Waals surface area contributed by atoms with Crippen LogP contribution in [0, 0.1) is 23.1 Å². The van der Waals surface area contributed by atoms with Crippen molar-refractivity contribution in [3.8, 4) is 6.07 Å². The van der Waals surface area contributed by atoms with E-state index in [0.29, 0.717) is 39.7 Å². The first-order valence-electron chi connectivity index (χ1n) is 15.6. The van der Waals surface area contributed by atoms with E-state index in [0.717, 1.165) is 19.3 Å². The van der Waals surface area contributed by atoms with E-state index in [1.54, 1.807) is 48.5 Å². The molecule has 1 aliphatic carbocycles. The fourth-order valence-electron chi connectivity index (χ4n) is 5.73. The normalized spacial score (nSPS) is 19.8. The quantitative estimate of drug-likeness (QED) is 0.182. The Balaban J connectivity index is 1.48. The van der Waals surface area contributed by atoms with Gasteiger partial charge in [-0.25, -0.2) is 9.18 Å². The lowest BCUT2D eigenvalue weighted by molar-refractivity contribution is -0.119. The predicted molar refractivity (Wildman–Crippen MR) is 182 cm³/mol. The number of nitrogens with zero attached hydrogens (tertiary/aromatic N) is 2. The molecule has 1 saturated carbocycles. The summed E-state index contributed by atoms with van der Waals surface area (Å²) in [6, 6.07) is 18.4. The van der Waals surface area contributed by atoms with E-state index in [4.69, 9.17) is 11.6 Å². The van der Waals surface area contributed by atoms with E-state index in [9.17, 15) is 24.5 Å². The number of nitriles is 1. The minimum absolute atomic E-state index is 0.0282. The minimum Gasteiger partial charge on any atom is -0.598 e. The van der Waals surface area contributed by atoms with E-state index in [-0.39, 0.29) is 18.7 Å². The number of aliphatic hydroxyl groups excluding tert-OH is 1. The van der Waals surface area contributed by atoms with Gasteiger partial charge < -0.3 is 25.2 Å². The van der Waals surface area contributed by atoms with Crippen LogP contribution >= 0.6 is 11.6 Å². The Hall–Kier alpha value is -3.66. The lowest BCUT2D eigenvalue weighted by atomic mass is 9.79. The lowest BCUT2D eigenvalue weighted by Crippen LogP contribution is -2.52. The molecule has 248 valence electrons. The number of urea groups is 1. The van der Waals surface area contributed by atoms with Gasteiger partial charge in [-0.3, -0.25) is 4.79 Å². The molecule has 9 nitrogen and oxygen atoms in total. The first kappa shape index (κ1) is 34.7. The summed E-state index contributed by atoms with van der Waals surface area (Å²) >= 11 is 4.38. The molecule has 1 aliphatic heterocycles. The number of β-amino-alcohol motifs (C(OH)–C–C–N with tert-alkyl or cyclic N) is 1. The molecule has 47 heavy (non-hydrogen) atoms. The molecule has 3 amide bonds. The smallest absolute Gasteiger partial charge is 0.322 e. The van der Waals surface area contributed by atoms with Gasteiger partial charge in [0, 0.05) is 35.0 Å². The fraction of sp³-hybridized carbons (Fsp3) is 0.400. The molecule has 0 unspecified atom stereocenters. The van der Waals surface area contributed by atoms with Crippen LogP contribution in [0.3, 0.4) is 0 Å². The van der Waals surface area contributed by atoms with Crippen LogP contribution in [0.25, 0.3) is 0 Å². The van der Waals surface area contributed by atoms with Crippen molar-refractivity contribution in [1.29, 1.82) is 5.26 Å². The number of likely N-dealkylation sites (tertiary alicyclic amines) is 1. The Morgan fingerprint density at radius 1 is 1.09 bits per heavy atom. The SMILES string of the molecule is CC(C)(C)[S@@+]([O-])N[C@](CCC1CC1)(c1cccc(C#N)c1)c1ccc(F)c(NC(=O)[C@H]2C[C@H](O)CN2C(=O)Nc2ccc(Cl)cc2)c1. The maximum atomic E-state index is 15.5. The van der Waals surface area contributed by atoms with Gasteiger partial charge in [-0.05, 0) is 99.2 Å². The van der Waals surface area contributed by atoms with E-state index in [1.807, 2.05) is 26.8 Å². The average Bonchev–Trinajstić information content (AvgIpc) is 3.79. The molecular weight excluding hydrogens is 641 g/mol. The van der Waals surface area contributed by atoms with E-state index < -0.39 is 51.5 Å². The molecule has 0 radical (unpaired) electrons. The highest BCUT2D eigenvalue weighted by Gasteiger charge is 2.44. The van der Waals surface area contributed by atoms with E-state index >= 15 is 4.39 Å². The Labute approximate surface area is 282 Å². The first-order chi connectivity index (χ1) is 22.3. The van der Waals surface area contributed by atoms with Gasteiger partial charge in [-0.2, -0.15) is 5.26 Å². The second-order valence-electron chi connectivity index (χ2n) is 13.2. The highest BCUT2D eigenvalue weighted by Crippen LogP contribution is 2.43. The number of hydrogen-bond acceptors (Lipinski definition) is 6. The van der Waals surface area contributed by atoms with Crippen molar-refractivity contribution in [3.63, 3.8) is 0 Å². The monoisotopic (exact) mass is 679 g/mol. The molecule has 2 aliphatic rings. The van der Waals surface area contributed by atoms with Gasteiger partial charge in [0.05, 0.1) is 23.4 Å². The van der Waals surface area contributed by atoms with Crippen LogP contribution in [0.4, 0.5) is 20.6 Å². The zero-order chi connectivity index (χ0) is 33.9. The summed E-state index contributed by atoms with van der Waals surface area (Å²) in [7, 11) is 0. The third-order valence-corrected chi connectivity index (χ3v) is 10.5. The van der Waals surface area contributed by atoms with Gasteiger partial charge in [0.2, 0.25) is 5.91 Å². The summed E-state index contributed by atoms with van der Waals surface area (Å²) in [5.41, 5.74) is 0.932. The highest BCUT2D eigenvalue weighted by molar-refractivity contribution is 7.90. The molecule has 2 fully saturated rings. The van der Waals surface area contributed by atoms with Crippen LogP contribution < -0.4 is 15.4 Å². The predicted octanol–water partition coefficient (Wildman–Crippen LogP) is 6.44. The molecule has 4 atom stereocenters. The van der Waals surface area contributed by atoms with Crippen LogP contribution in [-0.2, 0) is 21.7 Å². The van der Waals surface area contributed by atoms with Crippen LogP contribution in [0.5, 0.6) is 0 Å². The van der Waals surface area contributed by atoms with Crippen LogP contribution in [0.15, 0.2) is 66.7 Å². The number of halogens is 2. The average molecular weight is 680 g/mol. The summed E-state index contributed by atoms with van der Waals surface area (Å²) in [6.07, 6.45) is 2.53. The van der Waals surface area contributed by atoms with Crippen molar-refractivity contribution < 1.29 is 23.6 Å². The van der Waals surface area contributed by atoms with Gasteiger partial charge in [-0.1, -0.05) is 42.6 Å². The second kappa shape index (κ2) is 14.2. The molecule has 1 saturated heterocycles. The molecule has 0 spiro atoms. The summed E-state index contributed by atoms with van der Waals surface area (Å²) in [5, 5.41) is 26.0. The maximum absolute atomic E-state index is 15.5. The summed E-state index contributed by atoms with van der Waals surface area (Å²) < 4.78 is 31.9. The number of carbonyl (C=O) groups is 2. The van der Waals surface area contributed by atoms with Crippen LogP contribution in [0.1, 0.15) is 69.6 Å². The van der Waals surface area contributed by atoms with Crippen molar-refractivity contribution >= 4 is 46.3 Å². The molecular formula is C35H39ClFN5O4S. The van der Waals surface area contributed by atoms with Gasteiger partial charge >= 0.3 is 6.03 Å². The second-order valence-corrected chi connectivity index (χ2v) is 15.6. The van der Waals surface area contributed by atoms with E-state index in [1.165, 1.54) is 17.0 Å². The van der Waals surface area contributed by atoms with Gasteiger partial charge in [0.15, 0.2) is 0 Å². The number of amides is 3. The molecule has 1 heterocycles. The summed E-state index contributed by atoms with van der Waals surface area (Å²) in [6.45, 7) is 5.49. The third-order valence-electron chi connectivity index (χ3n) is 8.59. The molecule has 5 rings (SSSR count). The van der Waals surface area contributed by atoms with Crippen molar-refractivity contribution in [2.45, 2.75) is 75.3 Å². The first-order valence-corrected chi connectivity index (χ1v) is 17.1. The van der Waals surface area contributed by atoms with Gasteiger partial charge in [0.1, 0.15) is 22.1 Å². The number of nitrogens with one attached hydrogen (secondary N) is 3. The Bertz CT molecular complexity index is 1660. The molecule has 0 aromatic heterocycles. The molecule has 3 aromatic rings. The zero-order valence-corrected chi connectivity index (χ0v) is 28.1. The van der Waals surface area contributed by atoms with Crippen molar-refractivity contribution in [3.05, 3.63) is 94.3 Å². The molecule has 4 N–H and O–H groups in total. The topological polar surface area (TPSA) is 141 Å². The highest BCUT2D eigenvalue weighted by atomic mass is 35.5. The maximum Gasteiger partial charge on any atom is 0.322 e. The number of anilines is 2. The molecule has 0 bridgehead atoms. The Kier molecular flexibility index (Phi) is 10.5. The molecule has 12 heteroatoms. The largest absolute Gasteiger partial charge is 0.598 e. The third kappa shape index (κ3) is 8.26. The van der Waals surface area contributed by atoms with Crippen LogP contribution in [-0.4, -0.2) is 49.9 Å². The number of rotatable bonds is 10. The van der Waals surface area contributed by atoms with E-state index in [2.05, 4.69) is 21.4 Å². The van der Waals surface area contributed by atoms with Crippen LogP contribution in [0.2, 0.25) is 5.02 Å². The minimum atomic E-state index is -1.57. The Morgan fingerprint density at radius 2 is 1.79 bits per heavy atom.